The fraction of sp³-hybridized carbons (Fsp3) is 0.400. The Morgan fingerprint density at radius 2 is 1.86 bits per heavy atom. The number of carbonyl (C=O) groups excluding carboxylic acids is 2. The molecule has 2 aromatic rings. The second-order valence-electron chi connectivity index (χ2n) is 6.38. The second kappa shape index (κ2) is 9.91. The van der Waals surface area contributed by atoms with Crippen molar-refractivity contribution in [1.29, 1.82) is 0 Å². The van der Waals surface area contributed by atoms with Crippen LogP contribution >= 0.6 is 0 Å². The van der Waals surface area contributed by atoms with E-state index in [0.717, 1.165) is 24.4 Å². The number of benzene rings is 1. The topological polar surface area (TPSA) is 93.0 Å². The lowest BCUT2D eigenvalue weighted by atomic mass is 10.1. The van der Waals surface area contributed by atoms with E-state index in [0.29, 0.717) is 19.0 Å². The Bertz CT molecular complexity index is 772. The van der Waals surface area contributed by atoms with Crippen molar-refractivity contribution >= 4 is 11.8 Å². The third kappa shape index (κ3) is 5.11. The minimum absolute atomic E-state index is 0.148. The van der Waals surface area contributed by atoms with E-state index in [4.69, 9.17) is 13.9 Å². The molecule has 8 nitrogen and oxygen atoms in total. The van der Waals surface area contributed by atoms with Crippen LogP contribution in [0.25, 0.3) is 0 Å². The maximum Gasteiger partial charge on any atom is 0.309 e. The van der Waals surface area contributed by atoms with Crippen molar-refractivity contribution in [3.05, 3.63) is 54.0 Å². The number of furan rings is 1. The third-order valence-electron chi connectivity index (χ3n) is 4.65. The normalized spacial score (nSPS) is 15.6. The maximum absolute atomic E-state index is 12.2. The molecule has 1 aliphatic rings. The van der Waals surface area contributed by atoms with Gasteiger partial charge >= 0.3 is 11.8 Å². The van der Waals surface area contributed by atoms with Crippen LogP contribution in [0, 0.1) is 0 Å². The number of nitrogens with zero attached hydrogens (tertiary/aromatic N) is 1. The molecule has 1 aromatic heterocycles. The van der Waals surface area contributed by atoms with E-state index in [1.54, 1.807) is 19.4 Å². The average molecular weight is 387 g/mol. The molecule has 0 saturated carbocycles. The van der Waals surface area contributed by atoms with Gasteiger partial charge in [0.15, 0.2) is 0 Å². The molecule has 2 N–H and O–H groups in total. The molecule has 0 unspecified atom stereocenters. The molecule has 0 aliphatic carbocycles. The number of ether oxygens (including phenoxy) is 2. The van der Waals surface area contributed by atoms with Crippen LogP contribution < -0.4 is 15.4 Å². The minimum Gasteiger partial charge on any atom is -0.496 e. The minimum atomic E-state index is -0.689. The molecule has 3 rings (SSSR count). The number of rotatable bonds is 7. The van der Waals surface area contributed by atoms with Gasteiger partial charge in [-0.2, -0.15) is 0 Å². The van der Waals surface area contributed by atoms with Crippen molar-refractivity contribution < 1.29 is 23.5 Å². The summed E-state index contributed by atoms with van der Waals surface area (Å²) in [5, 5.41) is 5.33. The van der Waals surface area contributed by atoms with E-state index in [9.17, 15) is 9.59 Å². The highest BCUT2D eigenvalue weighted by Crippen LogP contribution is 2.21. The number of para-hydroxylation sites is 1. The van der Waals surface area contributed by atoms with Crippen LogP contribution in [0.1, 0.15) is 17.4 Å². The first-order valence-corrected chi connectivity index (χ1v) is 9.22. The summed E-state index contributed by atoms with van der Waals surface area (Å²) in [6.07, 6.45) is 1.60. The van der Waals surface area contributed by atoms with Crippen molar-refractivity contribution in [2.24, 2.45) is 0 Å². The molecular weight excluding hydrogens is 362 g/mol. The van der Waals surface area contributed by atoms with Crippen molar-refractivity contribution in [1.82, 2.24) is 15.5 Å². The van der Waals surface area contributed by atoms with E-state index in [1.807, 2.05) is 30.3 Å². The van der Waals surface area contributed by atoms with Crippen LogP contribution in [-0.2, 0) is 20.9 Å². The van der Waals surface area contributed by atoms with E-state index < -0.39 is 11.8 Å². The molecular formula is C20H25N3O5. The molecule has 150 valence electrons. The van der Waals surface area contributed by atoms with Gasteiger partial charge in [0.2, 0.25) is 0 Å². The SMILES string of the molecule is COc1ccccc1CNC(=O)C(=O)NC[C@@H](c1ccco1)N1CCOCC1. The number of carbonyl (C=O) groups is 2. The number of morpholine rings is 1. The van der Waals surface area contributed by atoms with Crippen LogP contribution in [0.3, 0.4) is 0 Å². The smallest absolute Gasteiger partial charge is 0.309 e. The van der Waals surface area contributed by atoms with Crippen molar-refractivity contribution in [2.45, 2.75) is 12.6 Å². The number of methoxy groups -OCH3 is 1. The Morgan fingerprint density at radius 3 is 2.57 bits per heavy atom. The molecule has 1 saturated heterocycles. The lowest BCUT2D eigenvalue weighted by molar-refractivity contribution is -0.139. The molecule has 0 radical (unpaired) electrons. The second-order valence-corrected chi connectivity index (χ2v) is 6.38. The Hall–Kier alpha value is -2.84. The molecule has 8 heteroatoms. The maximum atomic E-state index is 12.2. The summed E-state index contributed by atoms with van der Waals surface area (Å²) in [7, 11) is 1.56. The zero-order valence-electron chi connectivity index (χ0n) is 15.8. The van der Waals surface area contributed by atoms with Crippen molar-refractivity contribution in [2.75, 3.05) is 40.0 Å². The van der Waals surface area contributed by atoms with Crippen LogP contribution in [-0.4, -0.2) is 56.7 Å². The lowest BCUT2D eigenvalue weighted by Gasteiger charge is -2.33. The number of hydrogen-bond donors (Lipinski definition) is 2. The number of amides is 2. The van der Waals surface area contributed by atoms with Crippen molar-refractivity contribution in [3.8, 4) is 5.75 Å². The summed E-state index contributed by atoms with van der Waals surface area (Å²) in [6, 6.07) is 10.9. The lowest BCUT2D eigenvalue weighted by Crippen LogP contribution is -2.46. The summed E-state index contributed by atoms with van der Waals surface area (Å²) >= 11 is 0. The molecule has 2 amide bonds. The van der Waals surface area contributed by atoms with E-state index in [1.165, 1.54) is 0 Å². The van der Waals surface area contributed by atoms with Gasteiger partial charge in [0, 0.05) is 31.7 Å². The summed E-state index contributed by atoms with van der Waals surface area (Å²) in [6.45, 7) is 3.22. The highest BCUT2D eigenvalue weighted by molar-refractivity contribution is 6.35. The van der Waals surface area contributed by atoms with Gasteiger partial charge in [-0.1, -0.05) is 18.2 Å². The number of nitrogens with one attached hydrogen (secondary N) is 2. The van der Waals surface area contributed by atoms with E-state index >= 15 is 0 Å². The Kier molecular flexibility index (Phi) is 7.05. The Morgan fingerprint density at radius 1 is 1.11 bits per heavy atom. The molecule has 0 bridgehead atoms. The van der Waals surface area contributed by atoms with Gasteiger partial charge in [0.05, 0.1) is 32.6 Å². The van der Waals surface area contributed by atoms with Gasteiger partial charge in [0.1, 0.15) is 11.5 Å². The summed E-state index contributed by atoms with van der Waals surface area (Å²) in [4.78, 5) is 26.6. The summed E-state index contributed by atoms with van der Waals surface area (Å²) in [5.74, 6) is 0.0378. The molecule has 1 aliphatic heterocycles. The van der Waals surface area contributed by atoms with E-state index in [-0.39, 0.29) is 19.1 Å². The Balaban J connectivity index is 1.54. The number of hydrogen-bond acceptors (Lipinski definition) is 6. The van der Waals surface area contributed by atoms with Crippen LogP contribution in [0.2, 0.25) is 0 Å². The van der Waals surface area contributed by atoms with Crippen molar-refractivity contribution in [3.63, 3.8) is 0 Å². The Labute approximate surface area is 163 Å². The zero-order valence-corrected chi connectivity index (χ0v) is 15.8. The molecule has 0 spiro atoms. The first-order chi connectivity index (χ1) is 13.7. The molecule has 1 fully saturated rings. The predicted molar refractivity (Wildman–Crippen MR) is 102 cm³/mol. The fourth-order valence-corrected chi connectivity index (χ4v) is 3.15. The highest BCUT2D eigenvalue weighted by atomic mass is 16.5. The highest BCUT2D eigenvalue weighted by Gasteiger charge is 2.26. The monoisotopic (exact) mass is 387 g/mol. The van der Waals surface area contributed by atoms with Gasteiger partial charge in [-0.25, -0.2) is 0 Å². The summed E-state index contributed by atoms with van der Waals surface area (Å²) < 4.78 is 16.2. The van der Waals surface area contributed by atoms with Gasteiger partial charge in [0.25, 0.3) is 0 Å². The standard InChI is InChI=1S/C20H25N3O5/c1-26-17-6-3-2-5-15(17)13-21-19(24)20(25)22-14-16(18-7-4-10-28-18)23-8-11-27-12-9-23/h2-7,10,16H,8-9,11-14H2,1H3,(H,21,24)(H,22,25)/t16-/m0/s1. The largest absolute Gasteiger partial charge is 0.496 e. The molecule has 2 heterocycles. The average Bonchev–Trinajstić information content (AvgIpc) is 3.27. The fourth-order valence-electron chi connectivity index (χ4n) is 3.15. The van der Waals surface area contributed by atoms with Crippen LogP contribution in [0.15, 0.2) is 47.1 Å². The molecule has 1 aromatic carbocycles. The van der Waals surface area contributed by atoms with Crippen LogP contribution in [0.4, 0.5) is 0 Å². The predicted octanol–water partition coefficient (Wildman–Crippen LogP) is 1.09. The van der Waals surface area contributed by atoms with Gasteiger partial charge in [-0.3, -0.25) is 14.5 Å². The molecule has 28 heavy (non-hydrogen) atoms. The van der Waals surface area contributed by atoms with E-state index in [2.05, 4.69) is 15.5 Å². The first kappa shape index (κ1) is 19.9. The van der Waals surface area contributed by atoms with Gasteiger partial charge in [-0.05, 0) is 18.2 Å². The molecule has 1 atom stereocenters. The third-order valence-corrected chi connectivity index (χ3v) is 4.65. The summed E-state index contributed by atoms with van der Waals surface area (Å²) in [5.41, 5.74) is 0.799. The van der Waals surface area contributed by atoms with Crippen LogP contribution in [0.5, 0.6) is 5.75 Å². The zero-order chi connectivity index (χ0) is 19.8. The van der Waals surface area contributed by atoms with Gasteiger partial charge < -0.3 is 24.5 Å². The van der Waals surface area contributed by atoms with Gasteiger partial charge in [-0.15, -0.1) is 0 Å². The quantitative estimate of drug-likeness (QED) is 0.691. The first-order valence-electron chi connectivity index (χ1n) is 9.22.